The van der Waals surface area contributed by atoms with Gasteiger partial charge in [-0.3, -0.25) is 0 Å². The van der Waals surface area contributed by atoms with Crippen LogP contribution in [-0.4, -0.2) is 15.8 Å². The predicted octanol–water partition coefficient (Wildman–Crippen LogP) is 15.9. The normalized spacial score (nSPS) is 14.4. The fraction of sp³-hybridized carbons (Fsp3) is 0.130. The zero-order valence-corrected chi connectivity index (χ0v) is 43.3. The molecule has 0 bridgehead atoms. The highest BCUT2D eigenvalue weighted by Crippen LogP contribution is 2.62. The van der Waals surface area contributed by atoms with Crippen LogP contribution in [0.3, 0.4) is 0 Å². The van der Waals surface area contributed by atoms with E-state index in [4.69, 9.17) is 0 Å². The fourth-order valence-corrected chi connectivity index (χ4v) is 15.2. The molecule has 1 aliphatic carbocycles. The van der Waals surface area contributed by atoms with Gasteiger partial charge in [0.25, 0.3) is 6.71 Å². The van der Waals surface area contributed by atoms with E-state index >= 15 is 0 Å². The molecule has 0 radical (unpaired) electrons. The van der Waals surface area contributed by atoms with Crippen LogP contribution in [0.5, 0.6) is 0 Å². The molecule has 0 N–H and O–H groups in total. The van der Waals surface area contributed by atoms with Crippen molar-refractivity contribution in [2.45, 2.75) is 67.6 Å². The number of fused-ring (bicyclic) bond motifs is 21. The monoisotopic (exact) mass is 965 g/mol. The maximum Gasteiger partial charge on any atom is 0.252 e. The Bertz CT molecular complexity index is 4320. The molecule has 5 heterocycles. The Kier molecular flexibility index (Phi) is 8.40. The summed E-state index contributed by atoms with van der Waals surface area (Å²) >= 11 is 1.91. The molecule has 0 unspecified atom stereocenters. The highest BCUT2D eigenvalue weighted by atomic mass is 32.2. The zero-order valence-electron chi connectivity index (χ0n) is 42.5. The van der Waals surface area contributed by atoms with Crippen molar-refractivity contribution in [2.24, 2.45) is 0 Å². The summed E-state index contributed by atoms with van der Waals surface area (Å²) < 4.78 is 5.27. The maximum atomic E-state index is 2.68. The Morgan fingerprint density at radius 1 is 0.405 bits per heavy atom. The lowest BCUT2D eigenvalue weighted by Crippen LogP contribution is -2.59. The number of para-hydroxylation sites is 2. The fourth-order valence-electron chi connectivity index (χ4n) is 14.0. The van der Waals surface area contributed by atoms with Crippen molar-refractivity contribution < 1.29 is 0 Å². The summed E-state index contributed by atoms with van der Waals surface area (Å²) in [7, 11) is 0. The number of nitrogens with zero attached hydrogens (tertiary/aromatic N) is 3. The third-order valence-corrected chi connectivity index (χ3v) is 18.4. The Morgan fingerprint density at radius 3 is 1.46 bits per heavy atom. The van der Waals surface area contributed by atoms with Crippen molar-refractivity contribution in [3.05, 3.63) is 240 Å². The molecular weight excluding hydrogens is 914 g/mol. The summed E-state index contributed by atoms with van der Waals surface area (Å²) in [4.78, 5) is 5.11. The van der Waals surface area contributed by atoms with Gasteiger partial charge < -0.3 is 14.0 Å². The summed E-state index contributed by atoms with van der Waals surface area (Å²) in [6.45, 7) is 13.7. The van der Waals surface area contributed by atoms with E-state index in [9.17, 15) is 0 Å². The number of benzene rings is 10. The molecule has 0 atom stereocenters. The van der Waals surface area contributed by atoms with E-state index in [1.54, 1.807) is 0 Å². The second-order valence-corrected chi connectivity index (χ2v) is 24.3. The van der Waals surface area contributed by atoms with E-state index in [1.807, 2.05) is 11.8 Å². The van der Waals surface area contributed by atoms with Crippen LogP contribution < -0.4 is 21.3 Å². The van der Waals surface area contributed by atoms with Crippen LogP contribution in [0.2, 0.25) is 0 Å². The third kappa shape index (κ3) is 5.45. The van der Waals surface area contributed by atoms with E-state index in [0.717, 1.165) is 17.1 Å². The maximum absolute atomic E-state index is 2.68. The Balaban J connectivity index is 1.02. The molecule has 4 aliphatic rings. The first kappa shape index (κ1) is 42.5. The molecule has 0 amide bonds. The van der Waals surface area contributed by atoms with Crippen molar-refractivity contribution in [2.75, 3.05) is 4.90 Å². The molecule has 0 saturated carbocycles. The van der Waals surface area contributed by atoms with Gasteiger partial charge >= 0.3 is 0 Å². The molecule has 3 nitrogen and oxygen atoms in total. The largest absolute Gasteiger partial charge is 0.310 e. The van der Waals surface area contributed by atoms with Gasteiger partial charge in [-0.25, -0.2) is 0 Å². The molecule has 1 spiro atoms. The van der Waals surface area contributed by atoms with Crippen molar-refractivity contribution in [3.8, 4) is 22.5 Å². The van der Waals surface area contributed by atoms with E-state index in [1.165, 1.54) is 126 Å². The molecule has 16 rings (SSSR count). The quantitative estimate of drug-likeness (QED) is 0.164. The molecule has 2 aromatic heterocycles. The minimum atomic E-state index is -0.498. The highest BCUT2D eigenvalue weighted by molar-refractivity contribution is 7.99. The Labute approximate surface area is 436 Å². The first-order chi connectivity index (χ1) is 36.0. The average molecular weight is 966 g/mol. The smallest absolute Gasteiger partial charge is 0.252 e. The molecule has 12 aromatic rings. The lowest BCUT2D eigenvalue weighted by Gasteiger charge is -2.40. The van der Waals surface area contributed by atoms with Gasteiger partial charge in [-0.05, 0) is 145 Å². The summed E-state index contributed by atoms with van der Waals surface area (Å²) in [5.41, 5.74) is 25.4. The van der Waals surface area contributed by atoms with Crippen LogP contribution in [0.25, 0.3) is 66.1 Å². The van der Waals surface area contributed by atoms with Crippen LogP contribution in [0.1, 0.15) is 74.9 Å². The second-order valence-electron chi connectivity index (χ2n) is 23.2. The summed E-state index contributed by atoms with van der Waals surface area (Å²) in [5.74, 6) is 0. The van der Waals surface area contributed by atoms with E-state index in [-0.39, 0.29) is 17.5 Å². The topological polar surface area (TPSA) is 13.1 Å². The van der Waals surface area contributed by atoms with E-state index in [2.05, 4.69) is 262 Å². The predicted molar refractivity (Wildman–Crippen MR) is 313 cm³/mol. The Hall–Kier alpha value is -7.99. The van der Waals surface area contributed by atoms with Gasteiger partial charge in [0.2, 0.25) is 0 Å². The SMILES string of the molecule is CC(C)(C)c1ccc(N(c2ccc(C(C)(C)C)cc2)c2ccc3c(c2)-n2c4ccccc4c4cc5c6ccccc6n6c5c(c42)B3c2cc3c(cc2-6)-c2ccccc2C32c3ccccc3Sc3ccccc32)cc1. The molecule has 0 fully saturated rings. The molecule has 74 heavy (non-hydrogen) atoms. The van der Waals surface area contributed by atoms with Crippen molar-refractivity contribution >= 4 is 95.5 Å². The van der Waals surface area contributed by atoms with Crippen LogP contribution in [0.15, 0.2) is 216 Å². The molecule has 5 heteroatoms. The van der Waals surface area contributed by atoms with Crippen LogP contribution in [-0.2, 0) is 16.2 Å². The summed E-state index contributed by atoms with van der Waals surface area (Å²) in [6, 6.07) is 79.6. The first-order valence-corrected chi connectivity index (χ1v) is 27.1. The Morgan fingerprint density at radius 2 is 0.892 bits per heavy atom. The van der Waals surface area contributed by atoms with Gasteiger partial charge in [-0.1, -0.05) is 187 Å². The van der Waals surface area contributed by atoms with Crippen LogP contribution in [0, 0.1) is 0 Å². The minimum absolute atomic E-state index is 0.0382. The summed E-state index contributed by atoms with van der Waals surface area (Å²) in [6.07, 6.45) is 0. The van der Waals surface area contributed by atoms with Crippen molar-refractivity contribution in [3.63, 3.8) is 0 Å². The van der Waals surface area contributed by atoms with Gasteiger partial charge in [0.1, 0.15) is 0 Å². The molecular formula is C69H52BN3S. The number of rotatable bonds is 3. The molecule has 3 aliphatic heterocycles. The van der Waals surface area contributed by atoms with Gasteiger partial charge in [0.05, 0.1) is 27.5 Å². The van der Waals surface area contributed by atoms with E-state index < -0.39 is 5.41 Å². The van der Waals surface area contributed by atoms with Gasteiger partial charge in [-0.15, -0.1) is 0 Å². The third-order valence-electron chi connectivity index (χ3n) is 17.3. The van der Waals surface area contributed by atoms with Crippen molar-refractivity contribution in [1.82, 2.24) is 9.13 Å². The summed E-state index contributed by atoms with van der Waals surface area (Å²) in [5, 5.41) is 5.19. The standard InChI is InChI=1S/C69H52BN3S/c1-67(2,3)41-27-31-43(32-28-41)71(44-33-29-42(30-34-44)68(4,5)6)45-35-36-56-60(37-45)72-58-23-13-8-18-47(58)50-38-51-48-19-9-14-24-59(48)73-61-39-49-46-17-7-10-20-52(46)69(55(49)40-57(61)70(56)64(65(50)72)66(51)73)53-21-11-15-25-62(53)74-63-26-16-12-22-54(63)69/h7-40H,1-6H3. The number of aromatic nitrogens is 2. The van der Waals surface area contributed by atoms with Gasteiger partial charge in [0, 0.05) is 59.8 Å². The van der Waals surface area contributed by atoms with Crippen LogP contribution >= 0.6 is 11.8 Å². The zero-order chi connectivity index (χ0) is 49.6. The number of hydrogen-bond donors (Lipinski definition) is 0. The van der Waals surface area contributed by atoms with Crippen molar-refractivity contribution in [1.29, 1.82) is 0 Å². The lowest BCUT2D eigenvalue weighted by atomic mass is 9.34. The molecule has 352 valence electrons. The average Bonchev–Trinajstić information content (AvgIpc) is 4.06. The lowest BCUT2D eigenvalue weighted by molar-refractivity contribution is 0.590. The molecule has 10 aromatic carbocycles. The number of hydrogen-bond acceptors (Lipinski definition) is 2. The van der Waals surface area contributed by atoms with Crippen LogP contribution in [0.4, 0.5) is 17.1 Å². The first-order valence-electron chi connectivity index (χ1n) is 26.3. The van der Waals surface area contributed by atoms with Gasteiger partial charge in [0.15, 0.2) is 0 Å². The van der Waals surface area contributed by atoms with E-state index in [0.29, 0.717) is 0 Å². The highest BCUT2D eigenvalue weighted by Gasteiger charge is 2.52. The minimum Gasteiger partial charge on any atom is -0.310 e. The van der Waals surface area contributed by atoms with Gasteiger partial charge in [-0.2, -0.15) is 0 Å². The second kappa shape index (κ2) is 14.6. The number of anilines is 3. The molecule has 0 saturated heterocycles.